The minimum absolute atomic E-state index is 0.163. The first-order chi connectivity index (χ1) is 15.2. The molecule has 1 aliphatic carbocycles. The summed E-state index contributed by atoms with van der Waals surface area (Å²) < 4.78 is 19.6. The van der Waals surface area contributed by atoms with Crippen LogP contribution in [0.3, 0.4) is 0 Å². The number of nitrogens with zero attached hydrogens (tertiary/aromatic N) is 1. The van der Waals surface area contributed by atoms with E-state index < -0.39 is 43.5 Å². The van der Waals surface area contributed by atoms with Gasteiger partial charge in [0.05, 0.1) is 13.7 Å². The van der Waals surface area contributed by atoms with E-state index >= 15 is 0 Å². The lowest BCUT2D eigenvalue weighted by molar-refractivity contribution is -0.286. The normalized spacial score (nSPS) is 25.1. The summed E-state index contributed by atoms with van der Waals surface area (Å²) in [5, 5.41) is 44.7. The number of hydrogen-bond donors (Lipinski definition) is 5. The third-order valence-electron chi connectivity index (χ3n) is 4.57. The van der Waals surface area contributed by atoms with E-state index in [1.165, 1.54) is 19.2 Å². The average Bonchev–Trinajstić information content (AvgIpc) is 2.79. The van der Waals surface area contributed by atoms with Gasteiger partial charge in [-0.3, -0.25) is 4.79 Å². The number of carbonyl (C=O) groups excluding carboxylic acids is 1. The van der Waals surface area contributed by atoms with Crippen LogP contribution in [-0.2, 0) is 9.47 Å². The van der Waals surface area contributed by atoms with Crippen molar-refractivity contribution in [3.05, 3.63) is 46.6 Å². The highest BCUT2D eigenvalue weighted by atomic mass is 16.7. The number of aromatic nitrogens is 1. The molecule has 0 unspecified atom stereocenters. The number of rotatable bonds is 2. The van der Waals surface area contributed by atoms with Gasteiger partial charge in [0.15, 0.2) is 28.8 Å². The predicted octanol–water partition coefficient (Wildman–Crippen LogP) is -0.783. The smallest absolute Gasteiger partial charge is 0.453 e. The summed E-state index contributed by atoms with van der Waals surface area (Å²) in [5.74, 6) is 0.603. The summed E-state index contributed by atoms with van der Waals surface area (Å²) in [5.41, 5.74) is 1.12. The van der Waals surface area contributed by atoms with Crippen molar-refractivity contribution in [3.8, 4) is 17.2 Å². The van der Waals surface area contributed by atoms with Gasteiger partial charge in [-0.05, 0) is 24.3 Å². The molecule has 1 aromatic carbocycles. The Morgan fingerprint density at radius 3 is 2.53 bits per heavy atom. The Morgan fingerprint density at radius 2 is 1.84 bits per heavy atom. The van der Waals surface area contributed by atoms with Crippen LogP contribution in [0, 0.1) is 0 Å². The number of ether oxygens (including phenoxy) is 3. The van der Waals surface area contributed by atoms with Crippen LogP contribution >= 0.6 is 0 Å². The fraction of sp³-hybridized carbons (Fsp3) is 0.350. The summed E-state index contributed by atoms with van der Waals surface area (Å²) in [6.45, 7) is -0.526. The molecule has 0 bridgehead atoms. The molecular formula is C20H21NO11. The minimum Gasteiger partial charge on any atom is -0.453 e. The molecule has 0 spiro atoms. The lowest BCUT2D eigenvalue weighted by Gasteiger charge is -2.37. The van der Waals surface area contributed by atoms with E-state index in [9.17, 15) is 9.59 Å². The average molecular weight is 451 g/mol. The van der Waals surface area contributed by atoms with E-state index in [1.807, 2.05) is 0 Å². The molecule has 5 N–H and O–H groups in total. The molecule has 3 aliphatic rings. The van der Waals surface area contributed by atoms with Crippen molar-refractivity contribution >= 4 is 17.3 Å². The molecule has 5 atom stereocenters. The van der Waals surface area contributed by atoms with Gasteiger partial charge in [0, 0.05) is 6.07 Å². The quantitative estimate of drug-likeness (QED) is 0.186. The molecule has 12 nitrogen and oxygen atoms in total. The van der Waals surface area contributed by atoms with Gasteiger partial charge in [-0.2, -0.15) is 0 Å². The number of aliphatic hydroxyl groups excluding tert-OH is 5. The molecule has 12 heteroatoms. The lowest BCUT2D eigenvalue weighted by atomic mass is 10.00. The zero-order valence-corrected chi connectivity index (χ0v) is 16.7. The van der Waals surface area contributed by atoms with Crippen LogP contribution in [0.1, 0.15) is 0 Å². The first kappa shape index (κ1) is 23.5. The van der Waals surface area contributed by atoms with Crippen LogP contribution < -0.4 is 10.2 Å². The second-order valence-electron chi connectivity index (χ2n) is 6.72. The Hall–Kier alpha value is -3.13. The van der Waals surface area contributed by atoms with Crippen molar-refractivity contribution in [2.75, 3.05) is 13.7 Å². The Kier molecular flexibility index (Phi) is 7.35. The van der Waals surface area contributed by atoms with E-state index in [2.05, 4.69) is 14.5 Å². The van der Waals surface area contributed by atoms with E-state index in [0.717, 1.165) is 0 Å². The second-order valence-corrected chi connectivity index (χ2v) is 6.72. The zero-order valence-electron chi connectivity index (χ0n) is 16.7. The molecule has 4 rings (SSSR count). The molecule has 0 amide bonds. The van der Waals surface area contributed by atoms with Gasteiger partial charge in [0.2, 0.25) is 0 Å². The summed E-state index contributed by atoms with van der Waals surface area (Å²) in [6.07, 6.45) is -7.88. The standard InChI is InChI=1S/C14H9NO5.C6H12O6/c1-18-14(17)20-11-4-2-3-10-13(11)15-9-6-5-8(16)7-12(9)19-10;7-1-2-3(8)4(9)5(10)6(11)12-2/h2-7H,1H3;2-11H,1H2/t;2-,3+,4+,5-,6+/m.1/s1. The molecule has 2 aliphatic heterocycles. The van der Waals surface area contributed by atoms with Crippen LogP contribution in [0.15, 0.2) is 45.6 Å². The molecular weight excluding hydrogens is 430 g/mol. The summed E-state index contributed by atoms with van der Waals surface area (Å²) in [7, 11) is 1.22. The van der Waals surface area contributed by atoms with E-state index in [1.54, 1.807) is 24.3 Å². The van der Waals surface area contributed by atoms with Gasteiger partial charge >= 0.3 is 6.16 Å². The van der Waals surface area contributed by atoms with Crippen LogP contribution in [0.25, 0.3) is 22.6 Å². The SMILES string of the molecule is COC(=O)Oc1cccc2oc3cc(=O)ccc-3nc12.OC[C@H]1O[C@H](O)[C@H](O)[C@@H](O)[C@H]1O. The molecule has 172 valence electrons. The number of aliphatic hydroxyl groups is 5. The second kappa shape index (κ2) is 9.99. The number of benzene rings is 2. The van der Waals surface area contributed by atoms with Crippen molar-refractivity contribution in [2.45, 2.75) is 30.7 Å². The maximum absolute atomic E-state index is 11.3. The van der Waals surface area contributed by atoms with Gasteiger partial charge in [0.1, 0.15) is 35.6 Å². The van der Waals surface area contributed by atoms with Gasteiger partial charge < -0.3 is 44.2 Å². The molecule has 2 heterocycles. The molecule has 0 aromatic heterocycles. The Morgan fingerprint density at radius 1 is 1.09 bits per heavy atom. The molecule has 1 aromatic rings. The highest BCUT2D eigenvalue weighted by Gasteiger charge is 2.42. The summed E-state index contributed by atoms with van der Waals surface area (Å²) in [6, 6.07) is 9.20. The van der Waals surface area contributed by atoms with Crippen LogP contribution in [0.5, 0.6) is 5.75 Å². The van der Waals surface area contributed by atoms with Gasteiger partial charge in [-0.25, -0.2) is 9.78 Å². The third-order valence-corrected chi connectivity index (χ3v) is 4.57. The Labute approximate surface area is 180 Å². The van der Waals surface area contributed by atoms with Gasteiger partial charge in [-0.1, -0.05) is 6.07 Å². The van der Waals surface area contributed by atoms with Crippen molar-refractivity contribution in [2.24, 2.45) is 0 Å². The van der Waals surface area contributed by atoms with Crippen molar-refractivity contribution in [3.63, 3.8) is 0 Å². The maximum Gasteiger partial charge on any atom is 0.513 e. The molecule has 1 fully saturated rings. The summed E-state index contributed by atoms with van der Waals surface area (Å²) in [4.78, 5) is 26.8. The molecule has 0 radical (unpaired) electrons. The van der Waals surface area contributed by atoms with E-state index in [-0.39, 0.29) is 11.2 Å². The highest BCUT2D eigenvalue weighted by Crippen LogP contribution is 2.29. The van der Waals surface area contributed by atoms with Crippen molar-refractivity contribution < 1.29 is 49.0 Å². The molecule has 0 saturated carbocycles. The third kappa shape index (κ3) is 5.02. The predicted molar refractivity (Wildman–Crippen MR) is 106 cm³/mol. The Balaban J connectivity index is 0.000000207. The highest BCUT2D eigenvalue weighted by molar-refractivity contribution is 5.84. The number of fused-ring (bicyclic) bond motifs is 2. The Bertz CT molecular complexity index is 1100. The van der Waals surface area contributed by atoms with Crippen LogP contribution in [0.4, 0.5) is 4.79 Å². The minimum atomic E-state index is -1.57. The van der Waals surface area contributed by atoms with Crippen molar-refractivity contribution in [1.29, 1.82) is 0 Å². The first-order valence-electron chi connectivity index (χ1n) is 9.33. The fourth-order valence-electron chi connectivity index (χ4n) is 2.90. The maximum atomic E-state index is 11.3. The molecule has 32 heavy (non-hydrogen) atoms. The monoisotopic (exact) mass is 451 g/mol. The van der Waals surface area contributed by atoms with E-state index in [0.29, 0.717) is 22.6 Å². The zero-order chi connectivity index (χ0) is 23.4. The number of hydrogen-bond acceptors (Lipinski definition) is 12. The molecule has 1 saturated heterocycles. The van der Waals surface area contributed by atoms with Gasteiger partial charge in [-0.15, -0.1) is 0 Å². The topological polar surface area (TPSA) is 189 Å². The van der Waals surface area contributed by atoms with Crippen LogP contribution in [0.2, 0.25) is 0 Å². The van der Waals surface area contributed by atoms with Gasteiger partial charge in [0.25, 0.3) is 0 Å². The lowest BCUT2D eigenvalue weighted by Crippen LogP contribution is -2.58. The number of carbonyl (C=O) groups is 1. The van der Waals surface area contributed by atoms with Crippen molar-refractivity contribution in [1.82, 2.24) is 4.98 Å². The number of methoxy groups -OCH3 is 1. The largest absolute Gasteiger partial charge is 0.513 e. The van der Waals surface area contributed by atoms with Crippen LogP contribution in [-0.4, -0.2) is 81.1 Å². The van der Waals surface area contributed by atoms with E-state index in [4.69, 9.17) is 34.7 Å². The first-order valence-corrected chi connectivity index (χ1v) is 9.33. The number of para-hydroxylation sites is 1. The summed E-state index contributed by atoms with van der Waals surface area (Å²) >= 11 is 0. The fourth-order valence-corrected chi connectivity index (χ4v) is 2.90.